The van der Waals surface area contributed by atoms with Crippen molar-refractivity contribution in [2.75, 3.05) is 4.81 Å². The average Bonchev–Trinajstić information content (AvgIpc) is 3.19. The molecule has 0 radical (unpaired) electrons. The van der Waals surface area contributed by atoms with Crippen LogP contribution in [-0.4, -0.2) is 11.8 Å². The number of benzene rings is 1. The maximum absolute atomic E-state index is 8.08. The van der Waals surface area contributed by atoms with E-state index in [1.807, 2.05) is 74.3 Å². The molecule has 1 aromatic carbocycles. The summed E-state index contributed by atoms with van der Waals surface area (Å²) in [4.78, 5) is 6.32. The number of rotatable bonds is 2. The number of hydrogen-bond donors (Lipinski definition) is 0. The molecule has 148 valence electrons. The molecular formula is C25H25BN3O+. The first-order valence-electron chi connectivity index (χ1n) is 12.9. The summed E-state index contributed by atoms with van der Waals surface area (Å²) in [5, 5.41) is 0.799. The van der Waals surface area contributed by atoms with Gasteiger partial charge in [-0.2, -0.15) is 0 Å². The van der Waals surface area contributed by atoms with Crippen molar-refractivity contribution >= 4 is 35.5 Å². The van der Waals surface area contributed by atoms with Crippen molar-refractivity contribution in [3.05, 3.63) is 77.2 Å². The van der Waals surface area contributed by atoms with E-state index in [-0.39, 0.29) is 18.1 Å². The van der Waals surface area contributed by atoms with E-state index in [4.69, 9.17) is 12.6 Å². The first-order valence-corrected chi connectivity index (χ1v) is 9.87. The van der Waals surface area contributed by atoms with Gasteiger partial charge in [-0.1, -0.05) is 30.3 Å². The normalized spacial score (nSPS) is 17.0. The van der Waals surface area contributed by atoms with Gasteiger partial charge in [0.15, 0.2) is 0 Å². The highest BCUT2D eigenvalue weighted by Crippen LogP contribution is 2.30. The lowest BCUT2D eigenvalue weighted by Crippen LogP contribution is -2.50. The minimum absolute atomic E-state index is 0.00578. The summed E-state index contributed by atoms with van der Waals surface area (Å²) in [7, 11) is 1.82. The standard InChI is InChI=1S/C25H25BN3O/c1-16-13-18(3)27-25-23(16)20-11-12-29(26(4)24(20)30-25)22-14-21(17(2)15-28(22)5)19-9-7-6-8-10-19/h6-15H,1-5H3/q+1/i2D3,3D3. The van der Waals surface area contributed by atoms with Gasteiger partial charge in [0, 0.05) is 25.5 Å². The van der Waals surface area contributed by atoms with Gasteiger partial charge in [0.25, 0.3) is 5.82 Å². The van der Waals surface area contributed by atoms with Crippen molar-refractivity contribution in [3.63, 3.8) is 0 Å². The largest absolute Gasteiger partial charge is 0.447 e. The summed E-state index contributed by atoms with van der Waals surface area (Å²) in [6.45, 7) is -1.00. The molecule has 4 nitrogen and oxygen atoms in total. The summed E-state index contributed by atoms with van der Waals surface area (Å²) >= 11 is 0. The van der Waals surface area contributed by atoms with E-state index in [0.29, 0.717) is 16.9 Å². The Morgan fingerprint density at radius 1 is 1.13 bits per heavy atom. The smallest absolute Gasteiger partial charge is 0.447 e. The molecule has 0 N–H and O–H groups in total. The second kappa shape index (κ2) is 6.87. The molecule has 0 amide bonds. The molecule has 0 spiro atoms. The Bertz CT molecular complexity index is 1510. The average molecular weight is 400 g/mol. The summed E-state index contributed by atoms with van der Waals surface area (Å²) < 4.78 is 55.4. The fraction of sp³-hybridized carbons (Fsp3) is 0.200. The van der Waals surface area contributed by atoms with E-state index in [9.17, 15) is 0 Å². The third-order valence-corrected chi connectivity index (χ3v) is 5.72. The van der Waals surface area contributed by atoms with Crippen LogP contribution in [0.1, 0.15) is 30.6 Å². The molecule has 3 aromatic heterocycles. The molecule has 0 saturated heterocycles. The lowest BCUT2D eigenvalue weighted by atomic mass is 9.57. The van der Waals surface area contributed by atoms with E-state index >= 15 is 0 Å². The molecule has 30 heavy (non-hydrogen) atoms. The van der Waals surface area contributed by atoms with Crippen molar-refractivity contribution in [2.45, 2.75) is 27.5 Å². The summed E-state index contributed by atoms with van der Waals surface area (Å²) in [6, 6.07) is 13.0. The van der Waals surface area contributed by atoms with Crippen LogP contribution in [-0.2, 0) is 7.05 Å². The summed E-state index contributed by atoms with van der Waals surface area (Å²) in [5.74, 6) is 0.782. The van der Waals surface area contributed by atoms with Crippen LogP contribution in [0, 0.1) is 20.6 Å². The zero-order valence-corrected chi connectivity index (χ0v) is 17.1. The quantitative estimate of drug-likeness (QED) is 0.365. The lowest BCUT2D eigenvalue weighted by molar-refractivity contribution is -0.658. The van der Waals surface area contributed by atoms with Crippen molar-refractivity contribution in [1.82, 2.24) is 4.98 Å². The molecule has 0 aliphatic carbocycles. The highest BCUT2D eigenvalue weighted by Gasteiger charge is 2.38. The zero-order chi connectivity index (χ0) is 26.0. The molecule has 0 unspecified atom stereocenters. The van der Waals surface area contributed by atoms with Crippen LogP contribution in [0.25, 0.3) is 28.3 Å². The van der Waals surface area contributed by atoms with Crippen LogP contribution in [0.3, 0.4) is 0 Å². The number of aromatic nitrogens is 2. The Hall–Kier alpha value is -3.34. The third kappa shape index (κ3) is 2.85. The lowest BCUT2D eigenvalue weighted by Gasteiger charge is -2.22. The van der Waals surface area contributed by atoms with Gasteiger partial charge in [0.1, 0.15) is 5.66 Å². The maximum Gasteiger partial charge on any atom is 0.447 e. The topological polar surface area (TPSA) is 33.2 Å². The van der Waals surface area contributed by atoms with E-state index in [2.05, 4.69) is 4.98 Å². The number of fused-ring (bicyclic) bond motifs is 3. The van der Waals surface area contributed by atoms with Crippen molar-refractivity contribution in [2.24, 2.45) is 7.05 Å². The molecule has 5 rings (SSSR count). The van der Waals surface area contributed by atoms with Crippen LogP contribution >= 0.6 is 0 Å². The van der Waals surface area contributed by atoms with Crippen LogP contribution in [0.2, 0.25) is 6.82 Å². The minimum atomic E-state index is -2.33. The van der Waals surface area contributed by atoms with Crippen LogP contribution in [0.4, 0.5) is 5.82 Å². The first-order chi connectivity index (χ1) is 16.9. The zero-order valence-electron chi connectivity index (χ0n) is 23.1. The number of furan rings is 1. The monoisotopic (exact) mass is 400 g/mol. The molecule has 4 heterocycles. The predicted molar refractivity (Wildman–Crippen MR) is 124 cm³/mol. The molecular weight excluding hydrogens is 369 g/mol. The van der Waals surface area contributed by atoms with Gasteiger partial charge in [0.2, 0.25) is 5.71 Å². The third-order valence-electron chi connectivity index (χ3n) is 5.72. The Morgan fingerprint density at radius 3 is 2.73 bits per heavy atom. The van der Waals surface area contributed by atoms with E-state index in [1.54, 1.807) is 16.8 Å². The second-order valence-electron chi connectivity index (χ2n) is 7.72. The predicted octanol–water partition coefficient (Wildman–Crippen LogP) is 4.56. The molecule has 0 bridgehead atoms. The minimum Gasteiger partial charge on any atom is -0.447 e. The highest BCUT2D eigenvalue weighted by atomic mass is 16.3. The van der Waals surface area contributed by atoms with E-state index in [1.165, 1.54) is 0 Å². The van der Waals surface area contributed by atoms with Gasteiger partial charge >= 0.3 is 6.85 Å². The summed E-state index contributed by atoms with van der Waals surface area (Å²) in [6.07, 6.45) is 5.54. The van der Waals surface area contributed by atoms with Crippen molar-refractivity contribution < 1.29 is 17.2 Å². The fourth-order valence-corrected chi connectivity index (χ4v) is 4.24. The number of pyridine rings is 2. The van der Waals surface area contributed by atoms with Crippen LogP contribution < -0.4 is 15.0 Å². The van der Waals surface area contributed by atoms with Crippen LogP contribution in [0.5, 0.6) is 0 Å². The van der Waals surface area contributed by atoms with Gasteiger partial charge < -0.3 is 4.42 Å². The maximum atomic E-state index is 8.08. The van der Waals surface area contributed by atoms with Gasteiger partial charge in [0.05, 0.1) is 24.8 Å². The number of hydrogen-bond acceptors (Lipinski definition) is 3. The Morgan fingerprint density at radius 2 is 1.97 bits per heavy atom. The van der Waals surface area contributed by atoms with Crippen molar-refractivity contribution in [3.8, 4) is 11.1 Å². The highest BCUT2D eigenvalue weighted by molar-refractivity contribution is 6.76. The van der Waals surface area contributed by atoms with E-state index in [0.717, 1.165) is 27.9 Å². The number of aryl methyl sites for hydroxylation is 4. The Balaban J connectivity index is 1.64. The molecule has 1 aliphatic rings. The molecule has 1 aliphatic heterocycles. The van der Waals surface area contributed by atoms with Gasteiger partial charge in [-0.15, -0.1) is 0 Å². The molecule has 0 atom stereocenters. The molecule has 0 fully saturated rings. The van der Waals surface area contributed by atoms with Gasteiger partial charge in [-0.05, 0) is 61.8 Å². The number of anilines is 1. The Kier molecular flexibility index (Phi) is 2.99. The van der Waals surface area contributed by atoms with Gasteiger partial charge in [-0.25, -0.2) is 9.55 Å². The molecule has 0 saturated carbocycles. The fourth-order valence-electron chi connectivity index (χ4n) is 4.24. The first kappa shape index (κ1) is 13.1. The SMILES string of the molecule is [2H]C([2H])([2H])c1cc(C)c2c3c(oc2n1)B(C)N(c1cc(-c2ccccc2)c(C([2H])([2H])[2H])c[n+]1C)C=C3. The molecule has 5 heteroatoms. The number of nitrogens with zero attached hydrogens (tertiary/aromatic N) is 3. The van der Waals surface area contributed by atoms with Crippen LogP contribution in [0.15, 0.2) is 59.3 Å². The Labute approximate surface area is 186 Å². The summed E-state index contributed by atoms with van der Waals surface area (Å²) in [5.41, 5.74) is 4.38. The second-order valence-corrected chi connectivity index (χ2v) is 7.72. The van der Waals surface area contributed by atoms with Crippen molar-refractivity contribution in [1.29, 1.82) is 0 Å². The van der Waals surface area contributed by atoms with Gasteiger partial charge in [-0.3, -0.25) is 4.81 Å². The van der Waals surface area contributed by atoms with E-state index < -0.39 is 13.7 Å². The molecule has 4 aromatic rings.